The Bertz CT molecular complexity index is 560. The molecule has 1 atom stereocenters. The van der Waals surface area contributed by atoms with Crippen LogP contribution in [0.4, 0.5) is 5.95 Å². The van der Waals surface area contributed by atoms with E-state index < -0.39 is 0 Å². The Morgan fingerprint density at radius 1 is 1.50 bits per heavy atom. The van der Waals surface area contributed by atoms with Gasteiger partial charge in [-0.15, -0.1) is 0 Å². The van der Waals surface area contributed by atoms with Gasteiger partial charge in [0.05, 0.1) is 32.5 Å². The summed E-state index contributed by atoms with van der Waals surface area (Å²) < 4.78 is 12.9. The second-order valence-electron chi connectivity index (χ2n) is 4.45. The lowest BCUT2D eigenvalue weighted by atomic mass is 10.3. The first-order chi connectivity index (χ1) is 8.75. The average Bonchev–Trinajstić information content (AvgIpc) is 2.70. The second-order valence-corrected chi connectivity index (χ2v) is 4.45. The van der Waals surface area contributed by atoms with E-state index in [4.69, 9.17) is 15.2 Å². The van der Waals surface area contributed by atoms with Gasteiger partial charge in [-0.25, -0.2) is 9.97 Å². The molecule has 2 aromatic rings. The van der Waals surface area contributed by atoms with Gasteiger partial charge in [-0.05, 0) is 18.6 Å². The molecule has 1 fully saturated rings. The molecule has 0 bridgehead atoms. The van der Waals surface area contributed by atoms with Gasteiger partial charge in [-0.3, -0.25) is 4.57 Å². The minimum atomic E-state index is 0.0146. The van der Waals surface area contributed by atoms with Crippen molar-refractivity contribution in [2.24, 2.45) is 0 Å². The zero-order chi connectivity index (χ0) is 12.5. The lowest BCUT2D eigenvalue weighted by Gasteiger charge is -2.23. The number of imidazole rings is 1. The predicted octanol–water partition coefficient (Wildman–Crippen LogP) is 0.737. The third-order valence-electron chi connectivity index (χ3n) is 3.14. The van der Waals surface area contributed by atoms with E-state index in [0.29, 0.717) is 32.3 Å². The lowest BCUT2D eigenvalue weighted by Crippen LogP contribution is -2.32. The van der Waals surface area contributed by atoms with E-state index in [9.17, 15) is 0 Å². The van der Waals surface area contributed by atoms with Crippen molar-refractivity contribution in [3.63, 3.8) is 0 Å². The molecule has 0 saturated carbocycles. The third-order valence-corrected chi connectivity index (χ3v) is 3.14. The van der Waals surface area contributed by atoms with Crippen molar-refractivity contribution in [3.8, 4) is 0 Å². The van der Waals surface area contributed by atoms with E-state index in [-0.39, 0.29) is 6.10 Å². The Morgan fingerprint density at radius 3 is 3.17 bits per heavy atom. The number of aryl methyl sites for hydroxylation is 1. The molecule has 1 aliphatic rings. The molecule has 6 heteroatoms. The Kier molecular flexibility index (Phi) is 2.89. The number of rotatable bonds is 2. The van der Waals surface area contributed by atoms with Crippen LogP contribution in [0.3, 0.4) is 0 Å². The number of aromatic nitrogens is 3. The van der Waals surface area contributed by atoms with E-state index in [1.54, 1.807) is 6.20 Å². The van der Waals surface area contributed by atoms with Crippen LogP contribution >= 0.6 is 0 Å². The predicted molar refractivity (Wildman–Crippen MR) is 67.2 cm³/mol. The molecule has 1 unspecified atom stereocenters. The minimum Gasteiger partial charge on any atom is -0.376 e. The van der Waals surface area contributed by atoms with Crippen LogP contribution in [0.15, 0.2) is 12.3 Å². The fraction of sp³-hybridized carbons (Fsp3) is 0.500. The van der Waals surface area contributed by atoms with E-state index in [0.717, 1.165) is 16.7 Å². The van der Waals surface area contributed by atoms with Gasteiger partial charge >= 0.3 is 0 Å². The number of nitrogens with zero attached hydrogens (tertiary/aromatic N) is 3. The highest BCUT2D eigenvalue weighted by molar-refractivity contribution is 5.77. The molecule has 3 heterocycles. The van der Waals surface area contributed by atoms with Crippen LogP contribution in [0.5, 0.6) is 0 Å². The Balaban J connectivity index is 1.95. The van der Waals surface area contributed by atoms with Crippen LogP contribution in [-0.2, 0) is 16.0 Å². The van der Waals surface area contributed by atoms with Gasteiger partial charge in [0.25, 0.3) is 0 Å². The Labute approximate surface area is 105 Å². The zero-order valence-corrected chi connectivity index (χ0v) is 10.3. The summed E-state index contributed by atoms with van der Waals surface area (Å²) >= 11 is 0. The monoisotopic (exact) mass is 248 g/mol. The molecular formula is C12H16N4O2. The largest absolute Gasteiger partial charge is 0.376 e. The summed E-state index contributed by atoms with van der Waals surface area (Å²) in [5.74, 6) is 0.473. The molecule has 1 aliphatic heterocycles. The zero-order valence-electron chi connectivity index (χ0n) is 10.3. The smallest absolute Gasteiger partial charge is 0.202 e. The molecule has 0 amide bonds. The maximum atomic E-state index is 5.95. The molecule has 96 valence electrons. The number of ether oxygens (including phenoxy) is 2. The molecule has 2 N–H and O–H groups in total. The lowest BCUT2D eigenvalue weighted by molar-refractivity contribution is -0.0931. The molecule has 0 aliphatic carbocycles. The number of hydrogen-bond donors (Lipinski definition) is 1. The van der Waals surface area contributed by atoms with Crippen molar-refractivity contribution < 1.29 is 9.47 Å². The number of nitrogen functional groups attached to an aromatic ring is 1. The van der Waals surface area contributed by atoms with Crippen LogP contribution in [-0.4, -0.2) is 40.5 Å². The van der Waals surface area contributed by atoms with Crippen molar-refractivity contribution in [3.05, 3.63) is 17.8 Å². The van der Waals surface area contributed by atoms with Crippen LogP contribution in [0.2, 0.25) is 0 Å². The summed E-state index contributed by atoms with van der Waals surface area (Å²) in [4.78, 5) is 8.71. The van der Waals surface area contributed by atoms with Gasteiger partial charge in [-0.2, -0.15) is 0 Å². The highest BCUT2D eigenvalue weighted by atomic mass is 16.6. The van der Waals surface area contributed by atoms with Gasteiger partial charge in [0.1, 0.15) is 5.52 Å². The quantitative estimate of drug-likeness (QED) is 0.848. The molecular weight excluding hydrogens is 232 g/mol. The summed E-state index contributed by atoms with van der Waals surface area (Å²) in [7, 11) is 0. The van der Waals surface area contributed by atoms with Gasteiger partial charge in [0.2, 0.25) is 5.95 Å². The normalized spacial score (nSPS) is 20.4. The fourth-order valence-electron chi connectivity index (χ4n) is 2.18. The molecule has 2 aromatic heterocycles. The molecule has 1 saturated heterocycles. The standard InChI is InChI=1S/C12H16N4O2/c1-8-2-3-14-11-10(8)15-12(13)16(11)6-9-7-17-4-5-18-9/h2-3,9H,4-7H2,1H3,(H2,13,15). The summed E-state index contributed by atoms with van der Waals surface area (Å²) in [6.07, 6.45) is 1.79. The molecule has 3 rings (SSSR count). The molecule has 0 radical (unpaired) electrons. The first-order valence-electron chi connectivity index (χ1n) is 6.02. The van der Waals surface area contributed by atoms with Crippen molar-refractivity contribution in [2.75, 3.05) is 25.6 Å². The Morgan fingerprint density at radius 2 is 2.39 bits per heavy atom. The molecule has 0 spiro atoms. The number of pyridine rings is 1. The topological polar surface area (TPSA) is 75.2 Å². The summed E-state index contributed by atoms with van der Waals surface area (Å²) in [6, 6.07) is 1.93. The first kappa shape index (κ1) is 11.4. The maximum absolute atomic E-state index is 5.95. The van der Waals surface area contributed by atoms with Crippen molar-refractivity contribution >= 4 is 17.1 Å². The van der Waals surface area contributed by atoms with E-state index in [1.807, 2.05) is 17.6 Å². The van der Waals surface area contributed by atoms with Crippen molar-refractivity contribution in [1.82, 2.24) is 14.5 Å². The van der Waals surface area contributed by atoms with Gasteiger partial charge in [-0.1, -0.05) is 0 Å². The molecule has 0 aromatic carbocycles. The Hall–Kier alpha value is -1.66. The van der Waals surface area contributed by atoms with Gasteiger partial charge in [0, 0.05) is 6.20 Å². The van der Waals surface area contributed by atoms with Crippen molar-refractivity contribution in [1.29, 1.82) is 0 Å². The van der Waals surface area contributed by atoms with Crippen LogP contribution in [0, 0.1) is 6.92 Å². The van der Waals surface area contributed by atoms with E-state index in [1.165, 1.54) is 0 Å². The average molecular weight is 248 g/mol. The van der Waals surface area contributed by atoms with Gasteiger partial charge in [0.15, 0.2) is 5.65 Å². The van der Waals surface area contributed by atoms with Crippen molar-refractivity contribution in [2.45, 2.75) is 19.6 Å². The van der Waals surface area contributed by atoms with Crippen LogP contribution in [0.25, 0.3) is 11.2 Å². The summed E-state index contributed by atoms with van der Waals surface area (Å²) in [5, 5.41) is 0. The second kappa shape index (κ2) is 4.55. The van der Waals surface area contributed by atoms with Crippen LogP contribution in [0.1, 0.15) is 5.56 Å². The SMILES string of the molecule is Cc1ccnc2c1nc(N)n2CC1COCCO1. The van der Waals surface area contributed by atoms with Gasteiger partial charge < -0.3 is 15.2 Å². The molecule has 6 nitrogen and oxygen atoms in total. The minimum absolute atomic E-state index is 0.0146. The summed E-state index contributed by atoms with van der Waals surface area (Å²) in [6.45, 7) is 4.50. The number of anilines is 1. The van der Waals surface area contributed by atoms with Crippen LogP contribution < -0.4 is 5.73 Å². The highest BCUT2D eigenvalue weighted by Gasteiger charge is 2.19. The first-order valence-corrected chi connectivity index (χ1v) is 6.02. The highest BCUT2D eigenvalue weighted by Crippen LogP contribution is 2.20. The number of hydrogen-bond acceptors (Lipinski definition) is 5. The molecule has 18 heavy (non-hydrogen) atoms. The number of nitrogens with two attached hydrogens (primary N) is 1. The third kappa shape index (κ3) is 1.93. The van der Waals surface area contributed by atoms with E-state index in [2.05, 4.69) is 9.97 Å². The fourth-order valence-corrected chi connectivity index (χ4v) is 2.18. The van der Waals surface area contributed by atoms with E-state index >= 15 is 0 Å². The maximum Gasteiger partial charge on any atom is 0.202 e. The number of fused-ring (bicyclic) bond motifs is 1. The summed E-state index contributed by atoms with van der Waals surface area (Å²) in [5.41, 5.74) is 8.69.